The van der Waals surface area contributed by atoms with E-state index >= 15 is 0 Å². The summed E-state index contributed by atoms with van der Waals surface area (Å²) in [5.41, 5.74) is 1.01. The Bertz CT molecular complexity index is 688. The molecule has 0 bridgehead atoms. The van der Waals surface area contributed by atoms with Gasteiger partial charge in [0.1, 0.15) is 10.8 Å². The molecule has 0 radical (unpaired) electrons. The van der Waals surface area contributed by atoms with Gasteiger partial charge in [-0.2, -0.15) is 13.2 Å². The van der Waals surface area contributed by atoms with Gasteiger partial charge in [0, 0.05) is 24.5 Å². The number of thiazole rings is 1. The minimum atomic E-state index is -4.41. The first-order chi connectivity index (χ1) is 11.3. The number of alkyl halides is 3. The monoisotopic (exact) mass is 361 g/mol. The zero-order chi connectivity index (χ0) is 17.7. The Morgan fingerprint density at radius 1 is 1.33 bits per heavy atom. The van der Waals surface area contributed by atoms with Crippen LogP contribution in [0.1, 0.15) is 27.7 Å². The smallest absolute Gasteiger partial charge is 0.361 e. The molecule has 0 amide bonds. The van der Waals surface area contributed by atoms with Crippen LogP contribution >= 0.6 is 11.3 Å². The first kappa shape index (κ1) is 18.2. The van der Waals surface area contributed by atoms with Crippen LogP contribution in [0.25, 0.3) is 0 Å². The molecule has 0 aliphatic rings. The van der Waals surface area contributed by atoms with Gasteiger partial charge in [0.15, 0.2) is 11.7 Å². The van der Waals surface area contributed by atoms with Crippen LogP contribution in [0.3, 0.4) is 0 Å². The molecule has 0 fully saturated rings. The lowest BCUT2D eigenvalue weighted by Gasteiger charge is -2.10. The van der Waals surface area contributed by atoms with Crippen LogP contribution in [0, 0.1) is 13.8 Å². The summed E-state index contributed by atoms with van der Waals surface area (Å²) in [6.45, 7) is 4.49. The highest BCUT2D eigenvalue weighted by Crippen LogP contribution is 2.29. The Kier molecular flexibility index (Phi) is 5.81. The molecule has 6 nitrogen and oxygen atoms in total. The quantitative estimate of drug-likeness (QED) is 0.633. The molecule has 0 aliphatic carbocycles. The third kappa shape index (κ3) is 4.70. The summed E-state index contributed by atoms with van der Waals surface area (Å²) in [6.07, 6.45) is -3.71. The number of hydrogen-bond acceptors (Lipinski definition) is 5. The van der Waals surface area contributed by atoms with Gasteiger partial charge in [-0.3, -0.25) is 4.99 Å². The van der Waals surface area contributed by atoms with Gasteiger partial charge in [0.2, 0.25) is 0 Å². The Labute approximate surface area is 141 Å². The predicted octanol–water partition coefficient (Wildman–Crippen LogP) is 2.67. The number of rotatable bonds is 5. The summed E-state index contributed by atoms with van der Waals surface area (Å²) in [5.74, 6) is 1.27. The number of guanidine groups is 1. The first-order valence-corrected chi connectivity index (χ1v) is 8.07. The fourth-order valence-electron chi connectivity index (χ4n) is 2.07. The second-order valence-corrected chi connectivity index (χ2v) is 5.97. The van der Waals surface area contributed by atoms with E-state index in [-0.39, 0.29) is 6.54 Å². The zero-order valence-corrected chi connectivity index (χ0v) is 14.3. The van der Waals surface area contributed by atoms with Crippen LogP contribution in [0.15, 0.2) is 14.9 Å². The van der Waals surface area contributed by atoms with E-state index in [4.69, 9.17) is 4.52 Å². The summed E-state index contributed by atoms with van der Waals surface area (Å²) in [7, 11) is 1.59. The molecule has 10 heteroatoms. The molecular formula is C14H18F3N5OS. The molecule has 24 heavy (non-hydrogen) atoms. The number of nitrogens with one attached hydrogen (secondary N) is 2. The topological polar surface area (TPSA) is 75.3 Å². The van der Waals surface area contributed by atoms with Crippen LogP contribution in [0.2, 0.25) is 0 Å². The van der Waals surface area contributed by atoms with Crippen molar-refractivity contribution in [3.63, 3.8) is 0 Å². The number of aryl methyl sites for hydroxylation is 2. The van der Waals surface area contributed by atoms with Crippen molar-refractivity contribution in [1.82, 2.24) is 20.8 Å². The van der Waals surface area contributed by atoms with E-state index < -0.39 is 11.9 Å². The third-order valence-corrected chi connectivity index (χ3v) is 4.17. The van der Waals surface area contributed by atoms with Crippen molar-refractivity contribution in [2.24, 2.45) is 4.99 Å². The summed E-state index contributed by atoms with van der Waals surface area (Å²) < 4.78 is 42.6. The fraction of sp³-hybridized carbons (Fsp3) is 0.500. The lowest BCUT2D eigenvalue weighted by atomic mass is 10.1. The number of halogens is 3. The molecular weight excluding hydrogens is 343 g/mol. The SMILES string of the molecule is CN=C(NCCc1c(C)noc1C)NCc1nc(C(F)(F)F)cs1. The number of nitrogens with zero attached hydrogens (tertiary/aromatic N) is 3. The molecule has 0 aliphatic heterocycles. The number of aromatic nitrogens is 2. The largest absolute Gasteiger partial charge is 0.434 e. The minimum Gasteiger partial charge on any atom is -0.361 e. The third-order valence-electron chi connectivity index (χ3n) is 3.32. The zero-order valence-electron chi connectivity index (χ0n) is 13.5. The van der Waals surface area contributed by atoms with E-state index in [1.807, 2.05) is 13.8 Å². The predicted molar refractivity (Wildman–Crippen MR) is 85.0 cm³/mol. The van der Waals surface area contributed by atoms with Crippen molar-refractivity contribution >= 4 is 17.3 Å². The van der Waals surface area contributed by atoms with Crippen molar-refractivity contribution in [1.29, 1.82) is 0 Å². The maximum absolute atomic E-state index is 12.5. The Morgan fingerprint density at radius 2 is 2.08 bits per heavy atom. The minimum absolute atomic E-state index is 0.172. The number of aliphatic imine (C=N–C) groups is 1. The molecule has 0 atom stereocenters. The van der Waals surface area contributed by atoms with Crippen molar-refractivity contribution in [3.05, 3.63) is 33.1 Å². The highest BCUT2D eigenvalue weighted by Gasteiger charge is 2.33. The maximum atomic E-state index is 12.5. The van der Waals surface area contributed by atoms with Crippen molar-refractivity contribution in [2.45, 2.75) is 33.0 Å². The average molecular weight is 361 g/mol. The standard InChI is InChI=1S/C14H18F3N5OS/c1-8-10(9(2)23-22-8)4-5-19-13(18-3)20-6-12-21-11(7-24-12)14(15,16)17/h7H,4-6H2,1-3H3,(H2,18,19,20). The normalized spacial score (nSPS) is 12.5. The molecule has 2 N–H and O–H groups in total. The molecule has 0 saturated carbocycles. The molecule has 0 saturated heterocycles. The van der Waals surface area contributed by atoms with Gasteiger partial charge < -0.3 is 15.2 Å². The van der Waals surface area contributed by atoms with E-state index in [0.29, 0.717) is 23.9 Å². The van der Waals surface area contributed by atoms with Gasteiger partial charge in [-0.1, -0.05) is 5.16 Å². The molecule has 0 spiro atoms. The second kappa shape index (κ2) is 7.65. The van der Waals surface area contributed by atoms with Crippen LogP contribution in [0.4, 0.5) is 13.2 Å². The van der Waals surface area contributed by atoms with Gasteiger partial charge in [-0.25, -0.2) is 4.98 Å². The van der Waals surface area contributed by atoms with E-state index in [1.165, 1.54) is 0 Å². The molecule has 2 rings (SSSR count). The average Bonchev–Trinajstić information content (AvgIpc) is 3.11. The van der Waals surface area contributed by atoms with E-state index in [9.17, 15) is 13.2 Å². The fourth-order valence-corrected chi connectivity index (χ4v) is 2.81. The highest BCUT2D eigenvalue weighted by molar-refractivity contribution is 7.09. The molecule has 2 aromatic heterocycles. The van der Waals surface area contributed by atoms with Gasteiger partial charge >= 0.3 is 6.18 Å². The second-order valence-electron chi connectivity index (χ2n) is 5.03. The lowest BCUT2D eigenvalue weighted by molar-refractivity contribution is -0.140. The Balaban J connectivity index is 1.81. The molecule has 0 unspecified atom stereocenters. The van der Waals surface area contributed by atoms with Crippen LogP contribution in [-0.4, -0.2) is 29.7 Å². The van der Waals surface area contributed by atoms with Crippen LogP contribution in [0.5, 0.6) is 0 Å². The lowest BCUT2D eigenvalue weighted by Crippen LogP contribution is -2.37. The van der Waals surface area contributed by atoms with Gasteiger partial charge in [0.05, 0.1) is 12.2 Å². The van der Waals surface area contributed by atoms with E-state index in [2.05, 4.69) is 25.8 Å². The summed E-state index contributed by atoms with van der Waals surface area (Å²) >= 11 is 0.958. The van der Waals surface area contributed by atoms with Crippen molar-refractivity contribution < 1.29 is 17.7 Å². The Hall–Kier alpha value is -2.10. The van der Waals surface area contributed by atoms with Crippen LogP contribution in [-0.2, 0) is 19.1 Å². The summed E-state index contributed by atoms with van der Waals surface area (Å²) in [5, 5.41) is 11.3. The Morgan fingerprint density at radius 3 is 2.62 bits per heavy atom. The molecule has 0 aromatic carbocycles. The van der Waals surface area contributed by atoms with Gasteiger partial charge in [-0.05, 0) is 20.3 Å². The van der Waals surface area contributed by atoms with Gasteiger partial charge in [0.25, 0.3) is 0 Å². The highest BCUT2D eigenvalue weighted by atomic mass is 32.1. The van der Waals surface area contributed by atoms with Crippen molar-refractivity contribution in [3.8, 4) is 0 Å². The molecule has 132 valence electrons. The molecule has 2 heterocycles. The van der Waals surface area contributed by atoms with E-state index in [0.717, 1.165) is 33.7 Å². The summed E-state index contributed by atoms with van der Waals surface area (Å²) in [4.78, 5) is 7.59. The summed E-state index contributed by atoms with van der Waals surface area (Å²) in [6, 6.07) is 0. The van der Waals surface area contributed by atoms with Crippen molar-refractivity contribution in [2.75, 3.05) is 13.6 Å². The maximum Gasteiger partial charge on any atom is 0.434 e. The first-order valence-electron chi connectivity index (χ1n) is 7.19. The van der Waals surface area contributed by atoms with E-state index in [1.54, 1.807) is 7.05 Å². The number of hydrogen-bond donors (Lipinski definition) is 2. The van der Waals surface area contributed by atoms with Gasteiger partial charge in [-0.15, -0.1) is 11.3 Å². The molecule has 2 aromatic rings. The van der Waals surface area contributed by atoms with Crippen LogP contribution < -0.4 is 10.6 Å².